The molecule has 0 unspecified atom stereocenters. The van der Waals surface area contributed by atoms with E-state index in [0.29, 0.717) is 26.3 Å². The first-order valence-electron chi connectivity index (χ1n) is 8.98. The minimum absolute atomic E-state index is 0.0207. The van der Waals surface area contributed by atoms with E-state index in [1.54, 1.807) is 23.1 Å². The fraction of sp³-hybridized carbons (Fsp3) is 0.0870. The normalized spacial score (nSPS) is 15.4. The van der Waals surface area contributed by atoms with Gasteiger partial charge in [0.2, 0.25) is 0 Å². The minimum atomic E-state index is -0.158. The van der Waals surface area contributed by atoms with E-state index in [9.17, 15) is 9.59 Å². The van der Waals surface area contributed by atoms with Gasteiger partial charge in [0.25, 0.3) is 5.91 Å². The Morgan fingerprint density at radius 2 is 1.86 bits per heavy atom. The maximum absolute atomic E-state index is 12.9. The number of carbonyl (C=O) groups is 2. The number of rotatable bonds is 4. The molecule has 4 rings (SSSR count). The Labute approximate surface area is 178 Å². The molecule has 0 bridgehead atoms. The summed E-state index contributed by atoms with van der Waals surface area (Å²) < 4.78 is 6.39. The molecular formula is C23H17NO3S2. The van der Waals surface area contributed by atoms with Gasteiger partial charge in [0.05, 0.1) is 10.6 Å². The Morgan fingerprint density at radius 1 is 1.10 bits per heavy atom. The van der Waals surface area contributed by atoms with Crippen molar-refractivity contribution in [3.05, 3.63) is 82.5 Å². The van der Waals surface area contributed by atoms with Crippen LogP contribution in [0.1, 0.15) is 28.6 Å². The van der Waals surface area contributed by atoms with Gasteiger partial charge >= 0.3 is 0 Å². The lowest BCUT2D eigenvalue weighted by molar-refractivity contribution is -0.113. The first-order chi connectivity index (χ1) is 13.9. The lowest BCUT2D eigenvalue weighted by Crippen LogP contribution is -2.27. The van der Waals surface area contributed by atoms with Gasteiger partial charge in [0.1, 0.15) is 11.5 Å². The molecule has 3 aromatic rings. The summed E-state index contributed by atoms with van der Waals surface area (Å²) in [4.78, 5) is 26.4. The molecule has 1 aliphatic rings. The Morgan fingerprint density at radius 3 is 2.55 bits per heavy atom. The Balaban J connectivity index is 1.58. The summed E-state index contributed by atoms with van der Waals surface area (Å²) in [6.07, 6.45) is 1.71. The van der Waals surface area contributed by atoms with Crippen LogP contribution < -0.4 is 4.90 Å². The van der Waals surface area contributed by atoms with Crippen LogP contribution in [0, 0.1) is 6.92 Å². The van der Waals surface area contributed by atoms with E-state index in [-0.39, 0.29) is 11.7 Å². The first-order valence-corrected chi connectivity index (χ1v) is 10.2. The molecule has 0 spiro atoms. The van der Waals surface area contributed by atoms with Crippen molar-refractivity contribution >= 4 is 51.8 Å². The van der Waals surface area contributed by atoms with E-state index in [0.717, 1.165) is 16.8 Å². The van der Waals surface area contributed by atoms with Crippen molar-refractivity contribution in [1.29, 1.82) is 0 Å². The van der Waals surface area contributed by atoms with Gasteiger partial charge < -0.3 is 4.42 Å². The number of amides is 1. The van der Waals surface area contributed by atoms with E-state index in [1.807, 2.05) is 55.5 Å². The van der Waals surface area contributed by atoms with Crippen LogP contribution in [0.15, 0.2) is 70.0 Å². The van der Waals surface area contributed by atoms with Crippen LogP contribution in [-0.4, -0.2) is 16.0 Å². The largest absolute Gasteiger partial charge is 0.457 e. The molecule has 1 aliphatic heterocycles. The molecule has 2 aromatic carbocycles. The third-order valence-electron chi connectivity index (χ3n) is 4.53. The summed E-state index contributed by atoms with van der Waals surface area (Å²) in [6, 6.07) is 18.6. The van der Waals surface area contributed by atoms with Gasteiger partial charge in [0.15, 0.2) is 10.1 Å². The first kappa shape index (κ1) is 19.4. The second-order valence-electron chi connectivity index (χ2n) is 6.69. The number of Topliss-reactive ketones (excluding diaryl/α,β-unsaturated/α-hetero) is 1. The molecule has 29 heavy (non-hydrogen) atoms. The van der Waals surface area contributed by atoms with Crippen molar-refractivity contribution in [2.75, 3.05) is 4.90 Å². The molecule has 2 heterocycles. The SMILES string of the molecule is CC(=O)c1ccc(-c2ccc(/C=C3\SC(=S)N(c4cccc(C)c4)C3=O)o2)cc1. The molecule has 0 saturated carbocycles. The number of hydrogen-bond acceptors (Lipinski definition) is 5. The zero-order chi connectivity index (χ0) is 20.5. The number of ketones is 1. The van der Waals surface area contributed by atoms with Crippen molar-refractivity contribution in [3.8, 4) is 11.3 Å². The quantitative estimate of drug-likeness (QED) is 0.301. The van der Waals surface area contributed by atoms with Gasteiger partial charge in [-0.1, -0.05) is 60.4 Å². The molecule has 1 amide bonds. The molecule has 0 aliphatic carbocycles. The summed E-state index contributed by atoms with van der Waals surface area (Å²) in [7, 11) is 0. The van der Waals surface area contributed by atoms with Gasteiger partial charge in [0, 0.05) is 17.2 Å². The third kappa shape index (κ3) is 3.95. The Bertz CT molecular complexity index is 1160. The highest BCUT2D eigenvalue weighted by atomic mass is 32.2. The van der Waals surface area contributed by atoms with Gasteiger partial charge in [-0.25, -0.2) is 0 Å². The minimum Gasteiger partial charge on any atom is -0.457 e. The van der Waals surface area contributed by atoms with Crippen LogP contribution in [0.2, 0.25) is 0 Å². The fourth-order valence-corrected chi connectivity index (χ4v) is 4.32. The third-order valence-corrected chi connectivity index (χ3v) is 5.83. The molecule has 0 radical (unpaired) electrons. The van der Waals surface area contributed by atoms with Crippen LogP contribution >= 0.6 is 24.0 Å². The highest BCUT2D eigenvalue weighted by Crippen LogP contribution is 2.36. The zero-order valence-corrected chi connectivity index (χ0v) is 17.5. The average Bonchev–Trinajstić information content (AvgIpc) is 3.26. The molecule has 0 N–H and O–H groups in total. The molecule has 1 saturated heterocycles. The molecule has 6 heteroatoms. The van der Waals surface area contributed by atoms with Crippen LogP contribution in [0.4, 0.5) is 5.69 Å². The van der Waals surface area contributed by atoms with Crippen molar-refractivity contribution in [2.24, 2.45) is 0 Å². The van der Waals surface area contributed by atoms with E-state index in [4.69, 9.17) is 16.6 Å². The number of carbonyl (C=O) groups excluding carboxylic acids is 2. The van der Waals surface area contributed by atoms with Crippen LogP contribution in [0.3, 0.4) is 0 Å². The number of benzene rings is 2. The van der Waals surface area contributed by atoms with Crippen molar-refractivity contribution in [1.82, 2.24) is 0 Å². The van der Waals surface area contributed by atoms with Crippen LogP contribution in [0.25, 0.3) is 17.4 Å². The number of furan rings is 1. The maximum Gasteiger partial charge on any atom is 0.270 e. The molecule has 1 fully saturated rings. The molecule has 0 atom stereocenters. The van der Waals surface area contributed by atoms with E-state index < -0.39 is 0 Å². The Hall–Kier alpha value is -2.96. The van der Waals surface area contributed by atoms with Gasteiger partial charge in [-0.3, -0.25) is 14.5 Å². The number of thioether (sulfide) groups is 1. The summed E-state index contributed by atoms with van der Waals surface area (Å²) in [6.45, 7) is 3.51. The Kier molecular flexibility index (Phi) is 5.22. The fourth-order valence-electron chi connectivity index (χ4n) is 3.04. The summed E-state index contributed by atoms with van der Waals surface area (Å²) in [5.41, 5.74) is 3.34. The monoisotopic (exact) mass is 419 g/mol. The van der Waals surface area contributed by atoms with E-state index >= 15 is 0 Å². The topological polar surface area (TPSA) is 50.5 Å². The zero-order valence-electron chi connectivity index (χ0n) is 15.8. The van der Waals surface area contributed by atoms with Crippen molar-refractivity contribution in [2.45, 2.75) is 13.8 Å². The standard InChI is InChI=1S/C23H17NO3S2/c1-14-4-3-5-18(12-14)24-22(26)21(29-23(24)28)13-19-10-11-20(27-19)17-8-6-16(7-9-17)15(2)25/h3-13H,1-2H3/b21-13-. The number of nitrogens with zero attached hydrogens (tertiary/aromatic N) is 1. The predicted molar refractivity (Wildman–Crippen MR) is 121 cm³/mol. The van der Waals surface area contributed by atoms with E-state index in [1.165, 1.54) is 18.7 Å². The molecule has 1 aromatic heterocycles. The molecule has 144 valence electrons. The highest BCUT2D eigenvalue weighted by molar-refractivity contribution is 8.27. The van der Waals surface area contributed by atoms with Gasteiger partial charge in [-0.15, -0.1) is 0 Å². The number of aryl methyl sites for hydroxylation is 1. The van der Waals surface area contributed by atoms with Crippen LogP contribution in [0.5, 0.6) is 0 Å². The maximum atomic E-state index is 12.9. The smallest absolute Gasteiger partial charge is 0.270 e. The summed E-state index contributed by atoms with van der Waals surface area (Å²) >= 11 is 6.68. The second kappa shape index (κ2) is 7.81. The molecular weight excluding hydrogens is 402 g/mol. The average molecular weight is 420 g/mol. The van der Waals surface area contributed by atoms with Crippen molar-refractivity contribution < 1.29 is 14.0 Å². The molecule has 4 nitrogen and oxygen atoms in total. The lowest BCUT2D eigenvalue weighted by Gasteiger charge is -2.14. The number of thiocarbonyl (C=S) groups is 1. The van der Waals surface area contributed by atoms with Crippen LogP contribution in [-0.2, 0) is 4.79 Å². The second-order valence-corrected chi connectivity index (χ2v) is 8.37. The summed E-state index contributed by atoms with van der Waals surface area (Å²) in [5, 5.41) is 0. The highest BCUT2D eigenvalue weighted by Gasteiger charge is 2.33. The van der Waals surface area contributed by atoms with Gasteiger partial charge in [-0.05, 0) is 43.7 Å². The number of hydrogen-bond donors (Lipinski definition) is 0. The predicted octanol–water partition coefficient (Wildman–Crippen LogP) is 5.86. The number of anilines is 1. The van der Waals surface area contributed by atoms with Crippen molar-refractivity contribution in [3.63, 3.8) is 0 Å². The van der Waals surface area contributed by atoms with E-state index in [2.05, 4.69) is 0 Å². The van der Waals surface area contributed by atoms with Gasteiger partial charge in [-0.2, -0.15) is 0 Å². The summed E-state index contributed by atoms with van der Waals surface area (Å²) in [5.74, 6) is 1.10. The lowest BCUT2D eigenvalue weighted by atomic mass is 10.1.